The van der Waals surface area contributed by atoms with E-state index in [0.717, 1.165) is 6.54 Å². The molecule has 7 rings (SSSR count). The van der Waals surface area contributed by atoms with Crippen molar-refractivity contribution in [2.75, 3.05) is 11.9 Å². The Labute approximate surface area is 250 Å². The normalized spacial score (nSPS) is 11.7. The van der Waals surface area contributed by atoms with Crippen molar-refractivity contribution in [2.45, 2.75) is 45.4 Å². The molecule has 0 bridgehead atoms. The monoisotopic (exact) mass is 569 g/mol. The number of unbranched alkanes of at least 4 members (excludes halogenated alkanes) is 5. The molecule has 0 unspecified atom stereocenters. The van der Waals surface area contributed by atoms with Crippen molar-refractivity contribution in [2.24, 2.45) is 0 Å². The van der Waals surface area contributed by atoms with Gasteiger partial charge in [-0.2, -0.15) is 0 Å². The van der Waals surface area contributed by atoms with Crippen molar-refractivity contribution < 1.29 is 0 Å². The maximum atomic E-state index is 3.61. The van der Waals surface area contributed by atoms with Gasteiger partial charge >= 0.3 is 0 Å². The van der Waals surface area contributed by atoms with Crippen LogP contribution in [0.3, 0.4) is 0 Å². The minimum Gasteiger partial charge on any atom is -0.385 e. The summed E-state index contributed by atoms with van der Waals surface area (Å²) in [6.07, 6.45) is 7.98. The Balaban J connectivity index is 1.15. The van der Waals surface area contributed by atoms with Gasteiger partial charge in [-0.15, -0.1) is 22.7 Å². The predicted molar refractivity (Wildman–Crippen MR) is 185 cm³/mol. The lowest BCUT2D eigenvalue weighted by Gasteiger charge is -2.08. The van der Waals surface area contributed by atoms with Gasteiger partial charge in [0.2, 0.25) is 0 Å². The van der Waals surface area contributed by atoms with Crippen molar-refractivity contribution in [3.05, 3.63) is 103 Å². The maximum absolute atomic E-state index is 3.61. The summed E-state index contributed by atoms with van der Waals surface area (Å²) in [6, 6.07) is 38.4. The van der Waals surface area contributed by atoms with Crippen LogP contribution in [0, 0.1) is 0 Å². The third-order valence-corrected chi connectivity index (χ3v) is 10.5. The van der Waals surface area contributed by atoms with E-state index in [0.29, 0.717) is 0 Å². The van der Waals surface area contributed by atoms with Crippen LogP contribution in [0.1, 0.15) is 45.4 Å². The van der Waals surface area contributed by atoms with Crippen LogP contribution in [0.15, 0.2) is 103 Å². The average Bonchev–Trinajstić information content (AvgIpc) is 3.56. The summed E-state index contributed by atoms with van der Waals surface area (Å²) in [6.45, 7) is 3.33. The van der Waals surface area contributed by atoms with Crippen molar-refractivity contribution in [3.63, 3.8) is 0 Å². The molecule has 0 aliphatic rings. The standard InChI is InChI=1S/C38H35NS2/c1-2-3-4-5-6-10-21-39-30-17-13-27(14-18-30)29-16-20-36-32(23-29)34-25-37-33(24-38(34)41-36)31-22-28(15-19-35(31)40-37)26-11-8-7-9-12-26/h7-9,11-20,22-25,39H,2-6,10,21H2,1H3. The van der Waals surface area contributed by atoms with E-state index in [4.69, 9.17) is 0 Å². The highest BCUT2D eigenvalue weighted by molar-refractivity contribution is 7.27. The van der Waals surface area contributed by atoms with E-state index in [9.17, 15) is 0 Å². The predicted octanol–water partition coefficient (Wildman–Crippen LogP) is 12.5. The topological polar surface area (TPSA) is 12.0 Å². The fourth-order valence-corrected chi connectivity index (χ4v) is 8.17. The summed E-state index contributed by atoms with van der Waals surface area (Å²) < 4.78 is 5.44. The highest BCUT2D eigenvalue weighted by Gasteiger charge is 2.13. The van der Waals surface area contributed by atoms with Gasteiger partial charge in [-0.05, 0) is 77.2 Å². The zero-order chi connectivity index (χ0) is 27.6. The van der Waals surface area contributed by atoms with Crippen LogP contribution in [-0.2, 0) is 0 Å². The Morgan fingerprint density at radius 1 is 0.463 bits per heavy atom. The Morgan fingerprint density at radius 3 is 1.59 bits per heavy atom. The first-order chi connectivity index (χ1) is 20.3. The molecule has 0 saturated carbocycles. The molecule has 0 atom stereocenters. The molecule has 5 aromatic carbocycles. The number of fused-ring (bicyclic) bond motifs is 6. The van der Waals surface area contributed by atoms with E-state index < -0.39 is 0 Å². The van der Waals surface area contributed by atoms with Crippen LogP contribution in [0.5, 0.6) is 0 Å². The minimum absolute atomic E-state index is 1.05. The first kappa shape index (κ1) is 26.3. The molecule has 2 aromatic heterocycles. The third kappa shape index (κ3) is 5.37. The van der Waals surface area contributed by atoms with Gasteiger partial charge < -0.3 is 5.32 Å². The van der Waals surface area contributed by atoms with Crippen molar-refractivity contribution in [3.8, 4) is 22.3 Å². The molecule has 0 fully saturated rings. The number of nitrogens with one attached hydrogen (secondary N) is 1. The van der Waals surface area contributed by atoms with Crippen molar-refractivity contribution in [1.29, 1.82) is 0 Å². The van der Waals surface area contributed by atoms with E-state index in [-0.39, 0.29) is 0 Å². The lowest BCUT2D eigenvalue weighted by molar-refractivity contribution is 0.617. The van der Waals surface area contributed by atoms with E-state index in [1.807, 2.05) is 22.7 Å². The molecular formula is C38H35NS2. The molecule has 1 N–H and O–H groups in total. The smallest absolute Gasteiger partial charge is 0.0362 e. The molecule has 7 aromatic rings. The van der Waals surface area contributed by atoms with Crippen LogP contribution in [0.4, 0.5) is 5.69 Å². The van der Waals surface area contributed by atoms with Crippen LogP contribution in [0.25, 0.3) is 62.6 Å². The molecule has 1 nitrogen and oxygen atoms in total. The molecule has 0 saturated heterocycles. The quantitative estimate of drug-likeness (QED) is 0.162. The molecule has 0 radical (unpaired) electrons. The Hall–Kier alpha value is -3.66. The summed E-state index contributed by atoms with van der Waals surface area (Å²) in [5.74, 6) is 0. The van der Waals surface area contributed by atoms with Crippen molar-refractivity contribution in [1.82, 2.24) is 0 Å². The largest absolute Gasteiger partial charge is 0.385 e. The van der Waals surface area contributed by atoms with Crippen molar-refractivity contribution >= 4 is 68.7 Å². The minimum atomic E-state index is 1.05. The second-order valence-electron chi connectivity index (χ2n) is 11.1. The van der Waals surface area contributed by atoms with Gasteiger partial charge in [0.05, 0.1) is 0 Å². The number of benzene rings is 5. The summed E-state index contributed by atoms with van der Waals surface area (Å²) in [7, 11) is 0. The molecule has 0 aliphatic carbocycles. The van der Waals surface area contributed by atoms with E-state index >= 15 is 0 Å². The summed E-state index contributed by atoms with van der Waals surface area (Å²) >= 11 is 3.81. The number of hydrogen-bond donors (Lipinski definition) is 1. The highest BCUT2D eigenvalue weighted by atomic mass is 32.1. The third-order valence-electron chi connectivity index (χ3n) is 8.25. The summed E-state index contributed by atoms with van der Waals surface area (Å²) in [5.41, 5.74) is 6.32. The lowest BCUT2D eigenvalue weighted by Crippen LogP contribution is -2.01. The first-order valence-electron chi connectivity index (χ1n) is 15.0. The van der Waals surface area contributed by atoms with Gasteiger partial charge in [0.1, 0.15) is 0 Å². The molecule has 204 valence electrons. The Bertz CT molecular complexity index is 1940. The molecule has 0 aliphatic heterocycles. The first-order valence-corrected chi connectivity index (χ1v) is 16.6. The lowest BCUT2D eigenvalue weighted by atomic mass is 10.0. The average molecular weight is 570 g/mol. The molecule has 0 spiro atoms. The number of anilines is 1. The second-order valence-corrected chi connectivity index (χ2v) is 13.3. The molecule has 2 heterocycles. The summed E-state index contributed by atoms with van der Waals surface area (Å²) in [4.78, 5) is 0. The van der Waals surface area contributed by atoms with Crippen LogP contribution in [0.2, 0.25) is 0 Å². The van der Waals surface area contributed by atoms with Gasteiger partial charge in [-0.1, -0.05) is 93.6 Å². The summed E-state index contributed by atoms with van der Waals surface area (Å²) in [5, 5.41) is 9.06. The molecule has 41 heavy (non-hydrogen) atoms. The fraction of sp³-hybridized carbons (Fsp3) is 0.211. The van der Waals surface area contributed by atoms with E-state index in [1.54, 1.807) is 0 Å². The Kier molecular flexibility index (Phi) is 7.48. The van der Waals surface area contributed by atoms with Gasteiger partial charge in [0.25, 0.3) is 0 Å². The van der Waals surface area contributed by atoms with E-state index in [2.05, 4.69) is 115 Å². The zero-order valence-corrected chi connectivity index (χ0v) is 25.2. The van der Waals surface area contributed by atoms with Crippen LogP contribution >= 0.6 is 22.7 Å². The zero-order valence-electron chi connectivity index (χ0n) is 23.6. The molecule has 0 amide bonds. The van der Waals surface area contributed by atoms with Crippen LogP contribution < -0.4 is 5.32 Å². The number of rotatable bonds is 10. The van der Waals surface area contributed by atoms with Gasteiger partial charge in [-0.25, -0.2) is 0 Å². The second kappa shape index (κ2) is 11.7. The SMILES string of the molecule is CCCCCCCCNc1ccc(-c2ccc3sc4cc5c(cc4c3c2)sc2ccc(-c3ccccc3)cc25)cc1. The number of hydrogen-bond acceptors (Lipinski definition) is 3. The Morgan fingerprint density at radius 2 is 0.976 bits per heavy atom. The maximum Gasteiger partial charge on any atom is 0.0362 e. The van der Waals surface area contributed by atoms with E-state index in [1.165, 1.54) is 107 Å². The van der Waals surface area contributed by atoms with Gasteiger partial charge in [-0.3, -0.25) is 0 Å². The molecular weight excluding hydrogens is 535 g/mol. The fourth-order valence-electron chi connectivity index (χ4n) is 5.95. The number of thiophene rings is 2. The molecule has 3 heteroatoms. The van der Waals surface area contributed by atoms with Gasteiger partial charge in [0.15, 0.2) is 0 Å². The van der Waals surface area contributed by atoms with Crippen LogP contribution in [-0.4, -0.2) is 6.54 Å². The highest BCUT2D eigenvalue weighted by Crippen LogP contribution is 2.43. The van der Waals surface area contributed by atoms with Gasteiger partial charge in [0, 0.05) is 52.6 Å².